The summed E-state index contributed by atoms with van der Waals surface area (Å²) in [4.78, 5) is 12.4. The number of hydrogen-bond donors (Lipinski definition) is 1. The Balaban J connectivity index is 2.13. The molecule has 8 heteroatoms. The summed E-state index contributed by atoms with van der Waals surface area (Å²) in [7, 11) is -3.74. The van der Waals surface area contributed by atoms with Crippen molar-refractivity contribution in [3.63, 3.8) is 0 Å². The van der Waals surface area contributed by atoms with Crippen LogP contribution in [0, 0.1) is 6.92 Å². The van der Waals surface area contributed by atoms with E-state index in [1.807, 2.05) is 6.92 Å². The zero-order valence-corrected chi connectivity index (χ0v) is 17.0. The standard InChI is InChI=1S/C17H18BrClN2O3S/c1-3-21(25(23,24)15-8-5-13(18)6-9-15)11-17(22)20-14-7-4-12(2)16(19)10-14/h4-10H,3,11H2,1-2H3,(H,20,22). The number of benzene rings is 2. The van der Waals surface area contributed by atoms with Gasteiger partial charge in [-0.1, -0.05) is 40.5 Å². The average molecular weight is 446 g/mol. The molecular formula is C17H18BrClN2O3S. The molecule has 0 radical (unpaired) electrons. The second-order valence-corrected chi connectivity index (χ2v) is 8.66. The number of hydrogen-bond acceptors (Lipinski definition) is 3. The van der Waals surface area contributed by atoms with E-state index in [0.29, 0.717) is 10.7 Å². The van der Waals surface area contributed by atoms with Crippen molar-refractivity contribution in [3.05, 3.63) is 57.5 Å². The van der Waals surface area contributed by atoms with Crippen molar-refractivity contribution in [2.45, 2.75) is 18.7 Å². The molecule has 1 amide bonds. The Morgan fingerprint density at radius 2 is 1.84 bits per heavy atom. The van der Waals surface area contributed by atoms with E-state index in [9.17, 15) is 13.2 Å². The fourth-order valence-corrected chi connectivity index (χ4v) is 4.00. The van der Waals surface area contributed by atoms with Gasteiger partial charge in [0.15, 0.2) is 0 Å². The maximum absolute atomic E-state index is 12.7. The average Bonchev–Trinajstić information content (AvgIpc) is 2.56. The normalized spacial score (nSPS) is 11.6. The van der Waals surface area contributed by atoms with E-state index in [2.05, 4.69) is 21.2 Å². The number of aryl methyl sites for hydroxylation is 1. The van der Waals surface area contributed by atoms with E-state index in [1.54, 1.807) is 37.3 Å². The number of carbonyl (C=O) groups excluding carboxylic acids is 1. The second kappa shape index (κ2) is 8.31. The number of nitrogens with one attached hydrogen (secondary N) is 1. The minimum Gasteiger partial charge on any atom is -0.325 e. The second-order valence-electron chi connectivity index (χ2n) is 5.40. The van der Waals surface area contributed by atoms with Crippen LogP contribution in [0.25, 0.3) is 0 Å². The van der Waals surface area contributed by atoms with Crippen LogP contribution >= 0.6 is 27.5 Å². The number of amides is 1. The fourth-order valence-electron chi connectivity index (χ4n) is 2.15. The number of rotatable bonds is 6. The first-order valence-electron chi connectivity index (χ1n) is 7.55. The first kappa shape index (κ1) is 19.9. The summed E-state index contributed by atoms with van der Waals surface area (Å²) in [6.45, 7) is 3.45. The topological polar surface area (TPSA) is 66.5 Å². The van der Waals surface area contributed by atoms with Crippen molar-refractivity contribution in [3.8, 4) is 0 Å². The molecule has 0 spiro atoms. The third-order valence-corrected chi connectivity index (χ3v) is 6.45. The number of anilines is 1. The summed E-state index contributed by atoms with van der Waals surface area (Å²) >= 11 is 9.31. The molecule has 5 nitrogen and oxygen atoms in total. The SMILES string of the molecule is CCN(CC(=O)Nc1ccc(C)c(Cl)c1)S(=O)(=O)c1ccc(Br)cc1. The molecule has 0 aliphatic rings. The van der Waals surface area contributed by atoms with Crippen LogP contribution < -0.4 is 5.32 Å². The first-order valence-corrected chi connectivity index (χ1v) is 10.2. The van der Waals surface area contributed by atoms with Crippen LogP contribution in [0.2, 0.25) is 5.02 Å². The van der Waals surface area contributed by atoms with Gasteiger partial charge in [-0.3, -0.25) is 4.79 Å². The zero-order valence-electron chi connectivity index (χ0n) is 13.8. The molecule has 2 rings (SSSR count). The molecule has 2 aromatic rings. The molecule has 134 valence electrons. The van der Waals surface area contributed by atoms with Gasteiger partial charge >= 0.3 is 0 Å². The Kier molecular flexibility index (Phi) is 6.62. The Bertz CT molecular complexity index is 870. The maximum atomic E-state index is 12.7. The van der Waals surface area contributed by atoms with E-state index in [0.717, 1.165) is 14.3 Å². The van der Waals surface area contributed by atoms with Crippen molar-refractivity contribution in [1.29, 1.82) is 0 Å². The van der Waals surface area contributed by atoms with Crippen molar-refractivity contribution >= 4 is 49.1 Å². The maximum Gasteiger partial charge on any atom is 0.243 e. The largest absolute Gasteiger partial charge is 0.325 e. The predicted octanol–water partition coefficient (Wildman–Crippen LogP) is 4.06. The smallest absolute Gasteiger partial charge is 0.243 e. The molecule has 0 unspecified atom stereocenters. The van der Waals surface area contributed by atoms with Crippen molar-refractivity contribution in [2.75, 3.05) is 18.4 Å². The van der Waals surface area contributed by atoms with Crippen LogP contribution in [-0.4, -0.2) is 31.7 Å². The van der Waals surface area contributed by atoms with Gasteiger partial charge < -0.3 is 5.32 Å². The Morgan fingerprint density at radius 3 is 2.40 bits per heavy atom. The van der Waals surface area contributed by atoms with E-state index in [-0.39, 0.29) is 18.0 Å². The summed E-state index contributed by atoms with van der Waals surface area (Å²) < 4.78 is 27.2. The fraction of sp³-hybridized carbons (Fsp3) is 0.235. The Hall–Kier alpha value is -1.41. The lowest BCUT2D eigenvalue weighted by atomic mass is 10.2. The van der Waals surface area contributed by atoms with Gasteiger partial charge in [0.05, 0.1) is 11.4 Å². The number of nitrogens with zero attached hydrogens (tertiary/aromatic N) is 1. The summed E-state index contributed by atoms with van der Waals surface area (Å²) in [6.07, 6.45) is 0. The van der Waals surface area contributed by atoms with Crippen LogP contribution in [-0.2, 0) is 14.8 Å². The first-order chi connectivity index (χ1) is 11.7. The third kappa shape index (κ3) is 5.04. The molecule has 0 aliphatic heterocycles. The van der Waals surface area contributed by atoms with Crippen molar-refractivity contribution in [1.82, 2.24) is 4.31 Å². The minimum atomic E-state index is -3.74. The molecule has 25 heavy (non-hydrogen) atoms. The molecule has 2 aromatic carbocycles. The van der Waals surface area contributed by atoms with Gasteiger partial charge in [-0.05, 0) is 48.9 Å². The molecule has 0 fully saturated rings. The number of likely N-dealkylation sites (N-methyl/N-ethyl adjacent to an activating group) is 1. The van der Waals surface area contributed by atoms with E-state index >= 15 is 0 Å². The van der Waals surface area contributed by atoms with Gasteiger partial charge in [-0.2, -0.15) is 4.31 Å². The van der Waals surface area contributed by atoms with Crippen molar-refractivity contribution in [2.24, 2.45) is 0 Å². The molecule has 1 N–H and O–H groups in total. The van der Waals surface area contributed by atoms with Crippen molar-refractivity contribution < 1.29 is 13.2 Å². The molecule has 0 bridgehead atoms. The Morgan fingerprint density at radius 1 is 1.20 bits per heavy atom. The lowest BCUT2D eigenvalue weighted by Gasteiger charge is -2.20. The number of sulfonamides is 1. The van der Waals surface area contributed by atoms with Crippen LogP contribution in [0.1, 0.15) is 12.5 Å². The molecule has 0 aliphatic carbocycles. The highest BCUT2D eigenvalue weighted by atomic mass is 79.9. The zero-order chi connectivity index (χ0) is 18.6. The van der Waals surface area contributed by atoms with Gasteiger partial charge in [0.25, 0.3) is 0 Å². The minimum absolute atomic E-state index is 0.142. The summed E-state index contributed by atoms with van der Waals surface area (Å²) in [6, 6.07) is 11.4. The predicted molar refractivity (Wildman–Crippen MR) is 103 cm³/mol. The third-order valence-electron chi connectivity index (χ3n) is 3.58. The van der Waals surface area contributed by atoms with E-state index < -0.39 is 15.9 Å². The van der Waals surface area contributed by atoms with Gasteiger partial charge in [0.1, 0.15) is 0 Å². The lowest BCUT2D eigenvalue weighted by Crippen LogP contribution is -2.37. The summed E-state index contributed by atoms with van der Waals surface area (Å²) in [5.74, 6) is -0.428. The van der Waals surface area contributed by atoms with Gasteiger partial charge in [0.2, 0.25) is 15.9 Å². The number of carbonyl (C=O) groups is 1. The molecule has 0 saturated carbocycles. The molecule has 0 heterocycles. The molecular weight excluding hydrogens is 428 g/mol. The highest BCUT2D eigenvalue weighted by molar-refractivity contribution is 9.10. The van der Waals surface area contributed by atoms with Crippen LogP contribution in [0.5, 0.6) is 0 Å². The van der Waals surface area contributed by atoms with Gasteiger partial charge in [-0.25, -0.2) is 8.42 Å². The van der Waals surface area contributed by atoms with Crippen LogP contribution in [0.4, 0.5) is 5.69 Å². The highest BCUT2D eigenvalue weighted by Crippen LogP contribution is 2.21. The monoisotopic (exact) mass is 444 g/mol. The molecule has 0 atom stereocenters. The summed E-state index contributed by atoms with van der Waals surface area (Å²) in [5, 5.41) is 3.21. The summed E-state index contributed by atoms with van der Waals surface area (Å²) in [5.41, 5.74) is 1.42. The van der Waals surface area contributed by atoms with Crippen LogP contribution in [0.15, 0.2) is 51.8 Å². The van der Waals surface area contributed by atoms with E-state index in [1.165, 1.54) is 12.1 Å². The molecule has 0 aromatic heterocycles. The Labute approximate surface area is 161 Å². The quantitative estimate of drug-likeness (QED) is 0.729. The van der Waals surface area contributed by atoms with Crippen LogP contribution in [0.3, 0.4) is 0 Å². The lowest BCUT2D eigenvalue weighted by molar-refractivity contribution is -0.116. The van der Waals surface area contributed by atoms with E-state index in [4.69, 9.17) is 11.6 Å². The molecule has 0 saturated heterocycles. The highest BCUT2D eigenvalue weighted by Gasteiger charge is 2.25. The van der Waals surface area contributed by atoms with Gasteiger partial charge in [-0.15, -0.1) is 0 Å². The number of halogens is 2. The van der Waals surface area contributed by atoms with Gasteiger partial charge in [0, 0.05) is 21.7 Å².